The first-order valence-electron chi connectivity index (χ1n) is 8.17. The van der Waals surface area contributed by atoms with Gasteiger partial charge < -0.3 is 9.47 Å². The Morgan fingerprint density at radius 1 is 1.00 bits per heavy atom. The molecule has 0 heterocycles. The SMILES string of the molecule is CCCC[C@H](COCc1ccccc1)OC(=O)c1ccccc1. The minimum absolute atomic E-state index is 0.202. The molecule has 0 saturated heterocycles. The molecule has 0 aliphatic heterocycles. The summed E-state index contributed by atoms with van der Waals surface area (Å²) in [6.45, 7) is 3.08. The molecule has 2 aromatic carbocycles. The molecule has 0 saturated carbocycles. The first-order chi connectivity index (χ1) is 11.3. The van der Waals surface area contributed by atoms with E-state index in [9.17, 15) is 4.79 Å². The number of carbonyl (C=O) groups is 1. The summed E-state index contributed by atoms with van der Waals surface area (Å²) in [7, 11) is 0. The maximum Gasteiger partial charge on any atom is 0.338 e. The maximum absolute atomic E-state index is 12.2. The van der Waals surface area contributed by atoms with Crippen LogP contribution in [-0.4, -0.2) is 18.7 Å². The van der Waals surface area contributed by atoms with E-state index in [0.717, 1.165) is 24.8 Å². The monoisotopic (exact) mass is 312 g/mol. The molecule has 2 rings (SSSR count). The van der Waals surface area contributed by atoms with E-state index in [0.29, 0.717) is 18.8 Å². The third-order valence-electron chi connectivity index (χ3n) is 3.58. The molecule has 23 heavy (non-hydrogen) atoms. The Kier molecular flexibility index (Phi) is 7.34. The molecule has 0 N–H and O–H groups in total. The quantitative estimate of drug-likeness (QED) is 0.634. The van der Waals surface area contributed by atoms with Crippen LogP contribution in [0.15, 0.2) is 60.7 Å². The number of esters is 1. The van der Waals surface area contributed by atoms with E-state index in [1.54, 1.807) is 12.1 Å². The van der Waals surface area contributed by atoms with Crippen molar-refractivity contribution in [1.82, 2.24) is 0 Å². The third kappa shape index (κ3) is 6.25. The van der Waals surface area contributed by atoms with Crippen molar-refractivity contribution in [3.8, 4) is 0 Å². The summed E-state index contributed by atoms with van der Waals surface area (Å²) in [4.78, 5) is 12.2. The van der Waals surface area contributed by atoms with E-state index >= 15 is 0 Å². The van der Waals surface area contributed by atoms with Crippen LogP contribution < -0.4 is 0 Å². The molecule has 0 aromatic heterocycles. The fourth-order valence-electron chi connectivity index (χ4n) is 2.28. The van der Waals surface area contributed by atoms with Gasteiger partial charge in [0.25, 0.3) is 0 Å². The minimum atomic E-state index is -0.282. The number of hydrogen-bond donors (Lipinski definition) is 0. The second-order valence-electron chi connectivity index (χ2n) is 5.54. The van der Waals surface area contributed by atoms with E-state index in [4.69, 9.17) is 9.47 Å². The van der Waals surface area contributed by atoms with Gasteiger partial charge in [-0.25, -0.2) is 4.79 Å². The molecular weight excluding hydrogens is 288 g/mol. The minimum Gasteiger partial charge on any atom is -0.456 e. The van der Waals surface area contributed by atoms with Crippen LogP contribution in [0.4, 0.5) is 0 Å². The zero-order chi connectivity index (χ0) is 16.3. The second kappa shape index (κ2) is 9.80. The van der Waals surface area contributed by atoms with Crippen LogP contribution in [0.1, 0.15) is 42.1 Å². The van der Waals surface area contributed by atoms with Gasteiger partial charge in [0.05, 0.1) is 18.8 Å². The highest BCUT2D eigenvalue weighted by atomic mass is 16.6. The van der Waals surface area contributed by atoms with Gasteiger partial charge in [0.15, 0.2) is 0 Å². The molecule has 0 aliphatic carbocycles. The summed E-state index contributed by atoms with van der Waals surface area (Å²) in [5.41, 5.74) is 1.70. The Labute approximate surface area is 138 Å². The molecule has 0 radical (unpaired) electrons. The first-order valence-corrected chi connectivity index (χ1v) is 8.17. The zero-order valence-electron chi connectivity index (χ0n) is 13.6. The number of unbranched alkanes of at least 4 members (excludes halogenated alkanes) is 1. The average Bonchev–Trinajstić information content (AvgIpc) is 2.61. The zero-order valence-corrected chi connectivity index (χ0v) is 13.6. The normalized spacial score (nSPS) is 11.9. The van der Waals surface area contributed by atoms with Gasteiger partial charge >= 0.3 is 5.97 Å². The molecule has 0 amide bonds. The topological polar surface area (TPSA) is 35.5 Å². The van der Waals surface area contributed by atoms with Gasteiger partial charge in [0, 0.05) is 0 Å². The van der Waals surface area contributed by atoms with Crippen molar-refractivity contribution in [2.24, 2.45) is 0 Å². The highest BCUT2D eigenvalue weighted by Crippen LogP contribution is 2.11. The Morgan fingerprint density at radius 3 is 2.30 bits per heavy atom. The first kappa shape index (κ1) is 17.2. The Bertz CT molecular complexity index is 566. The number of hydrogen-bond acceptors (Lipinski definition) is 3. The highest BCUT2D eigenvalue weighted by Gasteiger charge is 2.15. The molecule has 2 aromatic rings. The fraction of sp³-hybridized carbons (Fsp3) is 0.350. The number of carbonyl (C=O) groups excluding carboxylic acids is 1. The van der Waals surface area contributed by atoms with Crippen molar-refractivity contribution < 1.29 is 14.3 Å². The van der Waals surface area contributed by atoms with E-state index in [2.05, 4.69) is 6.92 Å². The van der Waals surface area contributed by atoms with Crippen LogP contribution in [0.2, 0.25) is 0 Å². The summed E-state index contributed by atoms with van der Waals surface area (Å²) >= 11 is 0. The third-order valence-corrected chi connectivity index (χ3v) is 3.58. The van der Waals surface area contributed by atoms with Crippen molar-refractivity contribution in [3.05, 3.63) is 71.8 Å². The predicted octanol–water partition coefficient (Wildman–Crippen LogP) is 4.62. The summed E-state index contributed by atoms with van der Waals surface area (Å²) in [5, 5.41) is 0. The number of ether oxygens (including phenoxy) is 2. The summed E-state index contributed by atoms with van der Waals surface area (Å²) in [5.74, 6) is -0.282. The van der Waals surface area contributed by atoms with Gasteiger partial charge in [-0.1, -0.05) is 61.9 Å². The largest absolute Gasteiger partial charge is 0.456 e. The van der Waals surface area contributed by atoms with Crippen molar-refractivity contribution in [3.63, 3.8) is 0 Å². The molecule has 3 heteroatoms. The Morgan fingerprint density at radius 2 is 1.65 bits per heavy atom. The molecule has 0 bridgehead atoms. The average molecular weight is 312 g/mol. The number of benzene rings is 2. The molecular formula is C20H24O3. The van der Waals surface area contributed by atoms with E-state index in [1.165, 1.54) is 0 Å². The van der Waals surface area contributed by atoms with E-state index in [1.807, 2.05) is 48.5 Å². The van der Waals surface area contributed by atoms with E-state index < -0.39 is 0 Å². The van der Waals surface area contributed by atoms with Gasteiger partial charge in [0.2, 0.25) is 0 Å². The van der Waals surface area contributed by atoms with Crippen LogP contribution in [0.3, 0.4) is 0 Å². The smallest absolute Gasteiger partial charge is 0.338 e. The lowest BCUT2D eigenvalue weighted by molar-refractivity contribution is -0.0115. The molecule has 0 unspecified atom stereocenters. The lowest BCUT2D eigenvalue weighted by Gasteiger charge is -2.18. The van der Waals surface area contributed by atoms with Crippen LogP contribution >= 0.6 is 0 Å². The van der Waals surface area contributed by atoms with Gasteiger partial charge in [-0.3, -0.25) is 0 Å². The molecule has 0 spiro atoms. The Hall–Kier alpha value is -2.13. The second-order valence-corrected chi connectivity index (χ2v) is 5.54. The van der Waals surface area contributed by atoms with Crippen molar-refractivity contribution >= 4 is 5.97 Å². The molecule has 0 aliphatic rings. The van der Waals surface area contributed by atoms with Crippen LogP contribution in [0, 0.1) is 0 Å². The lowest BCUT2D eigenvalue weighted by Crippen LogP contribution is -2.23. The molecule has 3 nitrogen and oxygen atoms in total. The van der Waals surface area contributed by atoms with Crippen molar-refractivity contribution in [2.75, 3.05) is 6.61 Å². The van der Waals surface area contributed by atoms with Crippen molar-refractivity contribution in [1.29, 1.82) is 0 Å². The maximum atomic E-state index is 12.2. The predicted molar refractivity (Wildman–Crippen MR) is 91.3 cm³/mol. The lowest BCUT2D eigenvalue weighted by atomic mass is 10.1. The summed E-state index contributed by atoms with van der Waals surface area (Å²) in [6, 6.07) is 19.1. The van der Waals surface area contributed by atoms with Gasteiger partial charge in [-0.2, -0.15) is 0 Å². The highest BCUT2D eigenvalue weighted by molar-refractivity contribution is 5.89. The standard InChI is InChI=1S/C20H24O3/c1-2-3-14-19(16-22-15-17-10-6-4-7-11-17)23-20(21)18-12-8-5-9-13-18/h4-13,19H,2-3,14-16H2,1H3/t19-/m1/s1. The molecule has 0 fully saturated rings. The summed E-state index contributed by atoms with van der Waals surface area (Å²) < 4.78 is 11.4. The Balaban J connectivity index is 1.85. The number of rotatable bonds is 9. The van der Waals surface area contributed by atoms with Crippen molar-refractivity contribution in [2.45, 2.75) is 38.9 Å². The molecule has 122 valence electrons. The molecule has 1 atom stereocenters. The van der Waals surface area contributed by atoms with Gasteiger partial charge in [0.1, 0.15) is 6.10 Å². The van der Waals surface area contributed by atoms with Gasteiger partial charge in [-0.05, 0) is 30.5 Å². The van der Waals surface area contributed by atoms with Crippen LogP contribution in [-0.2, 0) is 16.1 Å². The van der Waals surface area contributed by atoms with E-state index in [-0.39, 0.29) is 12.1 Å². The van der Waals surface area contributed by atoms with Crippen LogP contribution in [0.25, 0.3) is 0 Å². The fourth-order valence-corrected chi connectivity index (χ4v) is 2.28. The van der Waals surface area contributed by atoms with Crippen LogP contribution in [0.5, 0.6) is 0 Å². The van der Waals surface area contributed by atoms with Gasteiger partial charge in [-0.15, -0.1) is 0 Å². The summed E-state index contributed by atoms with van der Waals surface area (Å²) in [6.07, 6.45) is 2.70.